The lowest BCUT2D eigenvalue weighted by molar-refractivity contribution is 0.0535. The Bertz CT molecular complexity index is 394. The number of halogens is 1. The third-order valence-corrected chi connectivity index (χ3v) is 2.83. The molecular weight excluding hydrogens is 242 g/mol. The third-order valence-electron chi connectivity index (χ3n) is 2.64. The smallest absolute Gasteiger partial charge is 0.271 e. The molecule has 1 atom stereocenters. The standard InChI is InChI=1S/C11H14ClN3O2/c12-10-6-13-5-9(15-10)11(16)14-4-8-2-1-3-17-7-8/h5-6,8H,1-4,7H2,(H,14,16). The summed E-state index contributed by atoms with van der Waals surface area (Å²) in [6, 6.07) is 0. The van der Waals surface area contributed by atoms with Gasteiger partial charge in [0.15, 0.2) is 0 Å². The van der Waals surface area contributed by atoms with Crippen molar-refractivity contribution in [3.8, 4) is 0 Å². The molecule has 92 valence electrons. The average Bonchev–Trinajstić information content (AvgIpc) is 2.37. The molecule has 1 aromatic heterocycles. The lowest BCUT2D eigenvalue weighted by Crippen LogP contribution is -2.33. The van der Waals surface area contributed by atoms with Gasteiger partial charge in [0.05, 0.1) is 19.0 Å². The quantitative estimate of drug-likeness (QED) is 0.884. The molecule has 0 radical (unpaired) electrons. The summed E-state index contributed by atoms with van der Waals surface area (Å²) in [5.41, 5.74) is 0.245. The van der Waals surface area contributed by atoms with Gasteiger partial charge < -0.3 is 10.1 Å². The van der Waals surface area contributed by atoms with E-state index in [4.69, 9.17) is 16.3 Å². The van der Waals surface area contributed by atoms with Crippen LogP contribution in [0.3, 0.4) is 0 Å². The highest BCUT2D eigenvalue weighted by molar-refractivity contribution is 6.29. The van der Waals surface area contributed by atoms with Crippen LogP contribution in [0, 0.1) is 5.92 Å². The monoisotopic (exact) mass is 255 g/mol. The third kappa shape index (κ3) is 3.64. The van der Waals surface area contributed by atoms with Crippen molar-refractivity contribution in [2.75, 3.05) is 19.8 Å². The van der Waals surface area contributed by atoms with E-state index in [1.54, 1.807) is 0 Å². The average molecular weight is 256 g/mol. The molecule has 5 nitrogen and oxygen atoms in total. The van der Waals surface area contributed by atoms with Crippen molar-refractivity contribution < 1.29 is 9.53 Å². The van der Waals surface area contributed by atoms with Gasteiger partial charge in [-0.25, -0.2) is 4.98 Å². The maximum Gasteiger partial charge on any atom is 0.271 e. The second-order valence-corrected chi connectivity index (χ2v) is 4.41. The highest BCUT2D eigenvalue weighted by atomic mass is 35.5. The van der Waals surface area contributed by atoms with Crippen LogP contribution in [-0.2, 0) is 4.74 Å². The van der Waals surface area contributed by atoms with Crippen LogP contribution >= 0.6 is 11.6 Å². The molecule has 0 spiro atoms. The zero-order valence-corrected chi connectivity index (χ0v) is 10.1. The number of carbonyl (C=O) groups excluding carboxylic acids is 1. The highest BCUT2D eigenvalue weighted by Gasteiger charge is 2.16. The maximum absolute atomic E-state index is 11.7. The molecule has 2 rings (SSSR count). The fraction of sp³-hybridized carbons (Fsp3) is 0.545. The molecule has 1 unspecified atom stereocenters. The molecule has 1 aliphatic rings. The van der Waals surface area contributed by atoms with Crippen LogP contribution in [0.4, 0.5) is 0 Å². The van der Waals surface area contributed by atoms with Gasteiger partial charge in [-0.2, -0.15) is 0 Å². The first-order valence-electron chi connectivity index (χ1n) is 5.59. The Kier molecular flexibility index (Phi) is 4.28. The van der Waals surface area contributed by atoms with Crippen molar-refractivity contribution in [1.29, 1.82) is 0 Å². The first kappa shape index (κ1) is 12.3. The summed E-state index contributed by atoms with van der Waals surface area (Å²) in [5.74, 6) is 0.144. The number of rotatable bonds is 3. The molecule has 1 saturated heterocycles. The highest BCUT2D eigenvalue weighted by Crippen LogP contribution is 2.12. The van der Waals surface area contributed by atoms with Crippen LogP contribution in [0.2, 0.25) is 5.15 Å². The number of nitrogens with one attached hydrogen (secondary N) is 1. The molecule has 1 aromatic rings. The molecule has 1 fully saturated rings. The zero-order chi connectivity index (χ0) is 12.1. The van der Waals surface area contributed by atoms with Gasteiger partial charge in [0.1, 0.15) is 10.8 Å². The summed E-state index contributed by atoms with van der Waals surface area (Å²) in [5, 5.41) is 3.04. The molecular formula is C11H14ClN3O2. The van der Waals surface area contributed by atoms with E-state index in [1.807, 2.05) is 0 Å². The topological polar surface area (TPSA) is 64.1 Å². The Morgan fingerprint density at radius 3 is 3.18 bits per heavy atom. The van der Waals surface area contributed by atoms with Crippen LogP contribution in [0.5, 0.6) is 0 Å². The summed E-state index contributed by atoms with van der Waals surface area (Å²) in [4.78, 5) is 19.4. The van der Waals surface area contributed by atoms with E-state index in [2.05, 4.69) is 15.3 Å². The molecule has 0 aliphatic carbocycles. The Morgan fingerprint density at radius 2 is 2.47 bits per heavy atom. The van der Waals surface area contributed by atoms with Gasteiger partial charge >= 0.3 is 0 Å². The van der Waals surface area contributed by atoms with Crippen LogP contribution in [0.15, 0.2) is 12.4 Å². The van der Waals surface area contributed by atoms with Crippen molar-refractivity contribution in [1.82, 2.24) is 15.3 Å². The summed E-state index contributed by atoms with van der Waals surface area (Å²) in [6.45, 7) is 2.14. The molecule has 0 saturated carbocycles. The number of nitrogens with zero attached hydrogens (tertiary/aromatic N) is 2. The van der Waals surface area contributed by atoms with Crippen molar-refractivity contribution in [2.24, 2.45) is 5.92 Å². The van der Waals surface area contributed by atoms with Crippen molar-refractivity contribution in [3.63, 3.8) is 0 Å². The first-order valence-corrected chi connectivity index (χ1v) is 5.97. The molecule has 0 bridgehead atoms. The summed E-state index contributed by atoms with van der Waals surface area (Å²) < 4.78 is 5.34. The number of amides is 1. The molecule has 1 aliphatic heterocycles. The van der Waals surface area contributed by atoms with Gasteiger partial charge in [-0.1, -0.05) is 11.6 Å². The van der Waals surface area contributed by atoms with Crippen molar-refractivity contribution in [3.05, 3.63) is 23.2 Å². The van der Waals surface area contributed by atoms with E-state index in [9.17, 15) is 4.79 Å². The second kappa shape index (κ2) is 5.93. The molecule has 1 N–H and O–H groups in total. The van der Waals surface area contributed by atoms with Crippen molar-refractivity contribution >= 4 is 17.5 Å². The number of ether oxygens (including phenoxy) is 1. The van der Waals surface area contributed by atoms with Crippen LogP contribution in [0.1, 0.15) is 23.3 Å². The first-order chi connectivity index (χ1) is 8.25. The van der Waals surface area contributed by atoms with Crippen molar-refractivity contribution in [2.45, 2.75) is 12.8 Å². The second-order valence-electron chi connectivity index (χ2n) is 4.02. The van der Waals surface area contributed by atoms with E-state index in [1.165, 1.54) is 12.4 Å². The zero-order valence-electron chi connectivity index (χ0n) is 9.36. The molecule has 0 aromatic carbocycles. The largest absolute Gasteiger partial charge is 0.381 e. The van der Waals surface area contributed by atoms with Gasteiger partial charge in [-0.3, -0.25) is 9.78 Å². The number of hydrogen-bond acceptors (Lipinski definition) is 4. The molecule has 6 heteroatoms. The SMILES string of the molecule is O=C(NCC1CCCOC1)c1cncc(Cl)n1. The lowest BCUT2D eigenvalue weighted by atomic mass is 10.0. The summed E-state index contributed by atoms with van der Waals surface area (Å²) in [7, 11) is 0. The van der Waals surface area contributed by atoms with Gasteiger partial charge in [0, 0.05) is 13.2 Å². The van der Waals surface area contributed by atoms with Gasteiger partial charge in [-0.15, -0.1) is 0 Å². The van der Waals surface area contributed by atoms with E-state index >= 15 is 0 Å². The van der Waals surface area contributed by atoms with E-state index in [-0.39, 0.29) is 16.8 Å². The Labute approximate surface area is 105 Å². The Morgan fingerprint density at radius 1 is 1.59 bits per heavy atom. The normalized spacial score (nSPS) is 19.9. The fourth-order valence-electron chi connectivity index (χ4n) is 1.75. The number of carbonyl (C=O) groups is 1. The fourth-order valence-corrected chi connectivity index (χ4v) is 1.89. The number of aromatic nitrogens is 2. The van der Waals surface area contributed by atoms with Crippen LogP contribution in [0.25, 0.3) is 0 Å². The predicted molar refractivity (Wildman–Crippen MR) is 62.9 cm³/mol. The molecule has 2 heterocycles. The van der Waals surface area contributed by atoms with Crippen LogP contribution in [-0.4, -0.2) is 35.6 Å². The lowest BCUT2D eigenvalue weighted by Gasteiger charge is -2.21. The van der Waals surface area contributed by atoms with Gasteiger partial charge in [-0.05, 0) is 18.8 Å². The van der Waals surface area contributed by atoms with E-state index < -0.39 is 0 Å². The number of hydrogen-bond donors (Lipinski definition) is 1. The van der Waals surface area contributed by atoms with Crippen LogP contribution < -0.4 is 5.32 Å². The minimum Gasteiger partial charge on any atom is -0.381 e. The van der Waals surface area contributed by atoms with E-state index in [0.29, 0.717) is 19.1 Å². The van der Waals surface area contributed by atoms with Gasteiger partial charge in [0.25, 0.3) is 5.91 Å². The van der Waals surface area contributed by atoms with E-state index in [0.717, 1.165) is 19.4 Å². The minimum atomic E-state index is -0.245. The summed E-state index contributed by atoms with van der Waals surface area (Å²) in [6.07, 6.45) is 4.94. The maximum atomic E-state index is 11.7. The predicted octanol–water partition coefficient (Wildman–Crippen LogP) is 1.29. The minimum absolute atomic E-state index is 0.221. The summed E-state index contributed by atoms with van der Waals surface area (Å²) >= 11 is 5.66. The molecule has 17 heavy (non-hydrogen) atoms. The van der Waals surface area contributed by atoms with Gasteiger partial charge in [0.2, 0.25) is 0 Å². The molecule has 1 amide bonds. The Hall–Kier alpha value is -1.20. The Balaban J connectivity index is 1.84.